The van der Waals surface area contributed by atoms with Crippen LogP contribution in [0.25, 0.3) is 0 Å². The van der Waals surface area contributed by atoms with Gasteiger partial charge in [-0.25, -0.2) is 4.79 Å². The Bertz CT molecular complexity index is 1920. The molecule has 0 bridgehead atoms. The second kappa shape index (κ2) is 18.2. The number of aliphatic carboxylic acids is 2. The number of rotatable bonds is 10. The van der Waals surface area contributed by atoms with Gasteiger partial charge in [0, 0.05) is 10.8 Å². The number of hydrogen-bond donors (Lipinski definition) is 12. The van der Waals surface area contributed by atoms with Crippen molar-refractivity contribution in [2.24, 2.45) is 50.2 Å². The quantitative estimate of drug-likeness (QED) is 0.0994. The molecule has 0 aromatic rings. The summed E-state index contributed by atoms with van der Waals surface area (Å²) in [6.45, 7) is 12.9. The normalized spacial score (nSPS) is 56.0. The summed E-state index contributed by atoms with van der Waals surface area (Å²) in [4.78, 5) is 25.1. The molecule has 8 aliphatic rings. The summed E-state index contributed by atoms with van der Waals surface area (Å²) in [5, 5.41) is 130. The van der Waals surface area contributed by atoms with E-state index in [0.717, 1.165) is 19.3 Å². The smallest absolute Gasteiger partial charge is 0.335 e. The third-order valence-electron chi connectivity index (χ3n) is 19.8. The zero-order valence-corrected chi connectivity index (χ0v) is 40.0. The fourth-order valence-electron chi connectivity index (χ4n) is 15.1. The Morgan fingerprint density at radius 3 is 1.91 bits per heavy atom. The first-order valence-electron chi connectivity index (χ1n) is 24.4. The summed E-state index contributed by atoms with van der Waals surface area (Å²) in [6.07, 6.45) is -20.6. The van der Waals surface area contributed by atoms with E-state index >= 15 is 0 Å². The molecular weight excluding hydrogens is 897 g/mol. The number of allylic oxidation sites excluding steroid dienone is 2. The van der Waals surface area contributed by atoms with E-state index in [9.17, 15) is 70.9 Å². The largest absolute Gasteiger partial charge is 0.481 e. The maximum absolute atomic E-state index is 12.6. The van der Waals surface area contributed by atoms with Gasteiger partial charge in [-0.05, 0) is 106 Å². The molecule has 0 spiro atoms. The van der Waals surface area contributed by atoms with Gasteiger partial charge in [-0.1, -0.05) is 46.3 Å². The van der Waals surface area contributed by atoms with Crippen molar-refractivity contribution in [2.75, 3.05) is 13.2 Å². The molecule has 26 atom stereocenters. The Hall–Kier alpha value is -1.96. The lowest BCUT2D eigenvalue weighted by atomic mass is 9.33. The van der Waals surface area contributed by atoms with Crippen molar-refractivity contribution in [1.82, 2.24) is 0 Å². The fourth-order valence-corrected chi connectivity index (χ4v) is 15.1. The second-order valence-electron chi connectivity index (χ2n) is 23.3. The highest BCUT2D eigenvalue weighted by molar-refractivity contribution is 5.74. The van der Waals surface area contributed by atoms with E-state index in [1.807, 2.05) is 6.92 Å². The van der Waals surface area contributed by atoms with Gasteiger partial charge in [0.25, 0.3) is 0 Å². The minimum atomic E-state index is -2.10. The van der Waals surface area contributed by atoms with Gasteiger partial charge in [-0.2, -0.15) is 0 Å². The lowest BCUT2D eigenvalue weighted by molar-refractivity contribution is -0.396. The zero-order chi connectivity index (χ0) is 50.0. The van der Waals surface area contributed by atoms with Crippen LogP contribution in [0, 0.1) is 50.2 Å². The number of hydrogen-bond acceptors (Lipinski definition) is 18. The number of fused-ring (bicyclic) bond motifs is 7. The average Bonchev–Trinajstić information content (AvgIpc) is 3.28. The van der Waals surface area contributed by atoms with E-state index in [0.29, 0.717) is 32.1 Å². The number of carboxylic acid groups (broad SMARTS) is 2. The van der Waals surface area contributed by atoms with Crippen LogP contribution in [-0.4, -0.2) is 191 Å². The van der Waals surface area contributed by atoms with Gasteiger partial charge in [0.2, 0.25) is 0 Å². The maximum atomic E-state index is 12.6. The molecule has 388 valence electrons. The standard InChI is InChI=1S/C48H76O20/c1-20-28(52)30(54)34(58)39(63-20)67-36-31(55)29(53)23(18-49)64-40(36)68-37-33(57)32(56)35(38(59)60)66-41(37)65-27-11-12-45(4)24(46(27,5)19-50)10-13-48(7)25(45)9-8-21-22-16-43(2,42(61)62)17-26(51)44(22,3)14-15-47(21,48)6/h8,20,22-37,39-41,49-58H,9-19H2,1-7H3,(H,59,60)(H,61,62)/t20-,22-,23+,24-,25+,26+,27-,28+,29-,30+,31-,32+,33+,34-,35+,36+,37-,39+,40-,41+,43-,44-,45+,46-,47+,48-/m0/s1. The highest BCUT2D eigenvalue weighted by atomic mass is 16.8. The Morgan fingerprint density at radius 1 is 0.662 bits per heavy atom. The molecule has 68 heavy (non-hydrogen) atoms. The summed E-state index contributed by atoms with van der Waals surface area (Å²) >= 11 is 0. The van der Waals surface area contributed by atoms with Crippen LogP contribution >= 0.6 is 0 Å². The monoisotopic (exact) mass is 972 g/mol. The Labute approximate surface area is 396 Å². The van der Waals surface area contributed by atoms with E-state index in [4.69, 9.17) is 28.4 Å². The van der Waals surface area contributed by atoms with Crippen LogP contribution in [0.1, 0.15) is 106 Å². The van der Waals surface area contributed by atoms with E-state index in [2.05, 4.69) is 33.8 Å². The fraction of sp³-hybridized carbons (Fsp3) is 0.917. The molecule has 20 nitrogen and oxygen atoms in total. The lowest BCUT2D eigenvalue weighted by Gasteiger charge is -2.71. The van der Waals surface area contributed by atoms with Gasteiger partial charge in [-0.3, -0.25) is 4.79 Å². The zero-order valence-electron chi connectivity index (χ0n) is 40.0. The first-order valence-corrected chi connectivity index (χ1v) is 24.4. The predicted octanol–water partition coefficient (Wildman–Crippen LogP) is -0.231. The molecular formula is C48H76O20. The number of ether oxygens (including phenoxy) is 6. The van der Waals surface area contributed by atoms with Gasteiger partial charge in [-0.15, -0.1) is 0 Å². The number of carbonyl (C=O) groups is 2. The Kier molecular flexibility index (Phi) is 14.0. The van der Waals surface area contributed by atoms with Crippen molar-refractivity contribution < 1.29 is 99.3 Å². The summed E-state index contributed by atoms with van der Waals surface area (Å²) in [5.74, 6) is -2.68. The summed E-state index contributed by atoms with van der Waals surface area (Å²) in [7, 11) is 0. The van der Waals surface area contributed by atoms with Gasteiger partial charge >= 0.3 is 11.9 Å². The molecule has 7 fully saturated rings. The van der Waals surface area contributed by atoms with Gasteiger partial charge in [0.1, 0.15) is 61.0 Å². The molecule has 0 amide bonds. The minimum Gasteiger partial charge on any atom is -0.481 e. The van der Waals surface area contributed by atoms with Crippen LogP contribution in [0.5, 0.6) is 0 Å². The van der Waals surface area contributed by atoms with Crippen LogP contribution in [-0.2, 0) is 38.0 Å². The van der Waals surface area contributed by atoms with Crippen LogP contribution in [0.4, 0.5) is 0 Å². The average molecular weight is 973 g/mol. The molecule has 20 heteroatoms. The molecule has 0 radical (unpaired) electrons. The molecule has 5 aliphatic carbocycles. The van der Waals surface area contributed by atoms with Crippen LogP contribution < -0.4 is 0 Å². The van der Waals surface area contributed by atoms with Gasteiger partial charge < -0.3 is 89.7 Å². The Morgan fingerprint density at radius 2 is 1.29 bits per heavy atom. The van der Waals surface area contributed by atoms with Crippen molar-refractivity contribution >= 4 is 11.9 Å². The topological polar surface area (TPSA) is 332 Å². The Balaban J connectivity index is 1.08. The van der Waals surface area contributed by atoms with E-state index < -0.39 is 139 Å². The van der Waals surface area contributed by atoms with E-state index in [1.54, 1.807) is 6.92 Å². The summed E-state index contributed by atoms with van der Waals surface area (Å²) in [6, 6.07) is 0. The molecule has 8 rings (SSSR count). The minimum absolute atomic E-state index is 0.114. The highest BCUT2D eigenvalue weighted by Gasteiger charge is 2.70. The highest BCUT2D eigenvalue weighted by Crippen LogP contribution is 2.76. The third kappa shape index (κ3) is 7.85. The molecule has 12 N–H and O–H groups in total. The molecule has 0 unspecified atom stereocenters. The first kappa shape index (κ1) is 52.4. The van der Waals surface area contributed by atoms with E-state index in [-0.39, 0.29) is 47.0 Å². The number of aliphatic hydroxyl groups excluding tert-OH is 10. The lowest BCUT2D eigenvalue weighted by Crippen LogP contribution is -2.68. The first-order chi connectivity index (χ1) is 31.7. The van der Waals surface area contributed by atoms with Crippen LogP contribution in [0.3, 0.4) is 0 Å². The molecule has 3 saturated heterocycles. The molecule has 3 aliphatic heterocycles. The summed E-state index contributed by atoms with van der Waals surface area (Å²) < 4.78 is 36.1. The van der Waals surface area contributed by atoms with Crippen molar-refractivity contribution in [3.05, 3.63) is 11.6 Å². The molecule has 0 aromatic carbocycles. The van der Waals surface area contributed by atoms with Crippen molar-refractivity contribution in [2.45, 2.75) is 211 Å². The van der Waals surface area contributed by atoms with Gasteiger partial charge in [0.05, 0.1) is 36.9 Å². The predicted molar refractivity (Wildman–Crippen MR) is 233 cm³/mol. The SMILES string of the molecule is C[C@@H]1O[C@H](O[C@H]2[C@H](O[C@@H]3[C@H](O[C@H]4CC[C@]5(C)[C@H](CC[C@@]6(C)[C@@H]5CC=C5[C@@H]7C[C@](C)(C(=O)O)C[C@@H](O)[C@@]7(C)CC[C@]56C)[C@]4(C)CO)O[C@@H](C(=O)O)[C@H](O)[C@H]3O)O[C@H](CO)[C@H](O)[C@@H]2O)[C@@H](O)[C@H](O)[C@@H]1O. The molecule has 4 saturated carbocycles. The van der Waals surface area contributed by atoms with Crippen molar-refractivity contribution in [3.8, 4) is 0 Å². The van der Waals surface area contributed by atoms with Crippen LogP contribution in [0.15, 0.2) is 11.6 Å². The van der Waals surface area contributed by atoms with E-state index in [1.165, 1.54) is 12.5 Å². The number of aliphatic hydroxyl groups is 10. The second-order valence-corrected chi connectivity index (χ2v) is 23.3. The van der Waals surface area contributed by atoms with Crippen molar-refractivity contribution in [3.63, 3.8) is 0 Å². The van der Waals surface area contributed by atoms with Crippen molar-refractivity contribution in [1.29, 1.82) is 0 Å². The number of carboxylic acids is 2. The van der Waals surface area contributed by atoms with Crippen LogP contribution in [0.2, 0.25) is 0 Å². The maximum Gasteiger partial charge on any atom is 0.335 e. The van der Waals surface area contributed by atoms with Gasteiger partial charge in [0.15, 0.2) is 25.0 Å². The molecule has 3 heterocycles. The molecule has 0 aromatic heterocycles. The summed E-state index contributed by atoms with van der Waals surface area (Å²) in [5.41, 5.74) is -2.20. The third-order valence-corrected chi connectivity index (χ3v) is 19.8.